The van der Waals surface area contributed by atoms with Gasteiger partial charge in [-0.2, -0.15) is 0 Å². The summed E-state index contributed by atoms with van der Waals surface area (Å²) in [5, 5.41) is 20.1. The summed E-state index contributed by atoms with van der Waals surface area (Å²) in [6.45, 7) is 4.46. The van der Waals surface area contributed by atoms with Gasteiger partial charge in [0.05, 0.1) is 12.6 Å². The standard InChI is InChI=1S/C31H33ClN4O5/c32-26-12-10-25(11-13-26)29(24-7-2-1-3-8-24)35-18-16-34(17-19-35)20-21-41-28-14-9-23(22-27(28)30(37)38)6-4-5-15-36(40)31(33)39/h1-3,7-14,22,29,40H,5,15-21H2,(H2,33,39)(H,37,38)/t29-/m1/s1. The molecule has 9 nitrogen and oxygen atoms in total. The van der Waals surface area contributed by atoms with Crippen molar-refractivity contribution in [3.05, 3.63) is 100 Å². The van der Waals surface area contributed by atoms with Crippen LogP contribution in [0.5, 0.6) is 5.75 Å². The third-order valence-corrected chi connectivity index (χ3v) is 7.14. The van der Waals surface area contributed by atoms with Crippen LogP contribution in [0.15, 0.2) is 72.8 Å². The molecule has 3 aromatic carbocycles. The minimum atomic E-state index is -1.11. The molecule has 0 unspecified atom stereocenters. The van der Waals surface area contributed by atoms with Gasteiger partial charge in [-0.25, -0.2) is 14.7 Å². The Hall–Kier alpha value is -4.07. The number of aromatic carboxylic acids is 1. The minimum Gasteiger partial charge on any atom is -0.491 e. The van der Waals surface area contributed by atoms with Crippen molar-refractivity contribution in [1.29, 1.82) is 0 Å². The first-order valence-electron chi connectivity index (χ1n) is 13.3. The van der Waals surface area contributed by atoms with Gasteiger partial charge < -0.3 is 15.6 Å². The van der Waals surface area contributed by atoms with E-state index in [-0.39, 0.29) is 30.3 Å². The lowest BCUT2D eigenvalue weighted by atomic mass is 9.96. The van der Waals surface area contributed by atoms with E-state index in [1.54, 1.807) is 12.1 Å². The second-order valence-corrected chi connectivity index (χ2v) is 10.1. The first kappa shape index (κ1) is 29.9. The predicted octanol–water partition coefficient (Wildman–Crippen LogP) is 4.34. The number of hydroxylamine groups is 2. The lowest BCUT2D eigenvalue weighted by Crippen LogP contribution is -2.48. The lowest BCUT2D eigenvalue weighted by molar-refractivity contribution is -0.0372. The molecular weight excluding hydrogens is 544 g/mol. The molecule has 10 heteroatoms. The molecule has 1 saturated heterocycles. The van der Waals surface area contributed by atoms with E-state index < -0.39 is 12.0 Å². The van der Waals surface area contributed by atoms with Crippen molar-refractivity contribution in [2.75, 3.05) is 45.9 Å². The van der Waals surface area contributed by atoms with Crippen molar-refractivity contribution in [3.63, 3.8) is 0 Å². The van der Waals surface area contributed by atoms with Crippen LogP contribution in [0.1, 0.15) is 39.5 Å². The molecule has 4 rings (SSSR count). The van der Waals surface area contributed by atoms with Crippen molar-refractivity contribution < 1.29 is 24.6 Å². The van der Waals surface area contributed by atoms with Gasteiger partial charge in [0, 0.05) is 49.7 Å². The highest BCUT2D eigenvalue weighted by Gasteiger charge is 2.26. The van der Waals surface area contributed by atoms with Gasteiger partial charge in [-0.3, -0.25) is 15.0 Å². The van der Waals surface area contributed by atoms with E-state index in [4.69, 9.17) is 22.1 Å². The second-order valence-electron chi connectivity index (χ2n) is 9.62. The Kier molecular flexibility index (Phi) is 10.6. The number of piperazine rings is 1. The van der Waals surface area contributed by atoms with Gasteiger partial charge in [0.25, 0.3) is 0 Å². The summed E-state index contributed by atoms with van der Waals surface area (Å²) >= 11 is 6.15. The molecule has 0 aromatic heterocycles. The normalized spacial score (nSPS) is 14.5. The fraction of sp³-hybridized carbons (Fsp3) is 0.290. The van der Waals surface area contributed by atoms with E-state index >= 15 is 0 Å². The van der Waals surface area contributed by atoms with Crippen molar-refractivity contribution in [2.45, 2.75) is 12.5 Å². The number of hydrogen-bond donors (Lipinski definition) is 3. The highest BCUT2D eigenvalue weighted by atomic mass is 35.5. The summed E-state index contributed by atoms with van der Waals surface area (Å²) in [7, 11) is 0. The fourth-order valence-electron chi connectivity index (χ4n) is 4.76. The Morgan fingerprint density at radius 2 is 1.68 bits per heavy atom. The zero-order valence-corrected chi connectivity index (χ0v) is 23.3. The summed E-state index contributed by atoms with van der Waals surface area (Å²) in [5.41, 5.74) is 7.91. The van der Waals surface area contributed by atoms with Crippen LogP contribution in [0.3, 0.4) is 0 Å². The molecule has 1 fully saturated rings. The van der Waals surface area contributed by atoms with Crippen LogP contribution in [0, 0.1) is 11.8 Å². The summed E-state index contributed by atoms with van der Waals surface area (Å²) in [6, 6.07) is 22.4. The van der Waals surface area contributed by atoms with Gasteiger partial charge in [-0.05, 0) is 41.5 Å². The van der Waals surface area contributed by atoms with Gasteiger partial charge in [-0.15, -0.1) is 0 Å². The van der Waals surface area contributed by atoms with Crippen LogP contribution in [-0.4, -0.2) is 83.1 Å². The van der Waals surface area contributed by atoms with Gasteiger partial charge in [0.1, 0.15) is 17.9 Å². The molecule has 41 heavy (non-hydrogen) atoms. The third-order valence-electron chi connectivity index (χ3n) is 6.88. The molecule has 0 spiro atoms. The SMILES string of the molecule is NC(=O)N(O)CCC#Cc1ccc(OCCN2CCN([C@H](c3ccccc3)c3ccc(Cl)cc3)CC2)c(C(=O)O)c1. The molecule has 1 aliphatic rings. The monoisotopic (exact) mass is 576 g/mol. The number of nitrogens with two attached hydrogens (primary N) is 1. The summed E-state index contributed by atoms with van der Waals surface area (Å²) in [4.78, 5) is 27.5. The first-order valence-corrected chi connectivity index (χ1v) is 13.7. The van der Waals surface area contributed by atoms with E-state index in [1.807, 2.05) is 18.2 Å². The van der Waals surface area contributed by atoms with Gasteiger partial charge in [0.15, 0.2) is 0 Å². The van der Waals surface area contributed by atoms with Crippen LogP contribution in [0.25, 0.3) is 0 Å². The second kappa shape index (κ2) is 14.5. The van der Waals surface area contributed by atoms with Crippen LogP contribution in [0.4, 0.5) is 4.79 Å². The van der Waals surface area contributed by atoms with Crippen molar-refractivity contribution in [2.24, 2.45) is 5.73 Å². The molecule has 4 N–H and O–H groups in total. The molecule has 1 heterocycles. The van der Waals surface area contributed by atoms with Crippen molar-refractivity contribution >= 4 is 23.6 Å². The molecule has 214 valence electrons. The number of carboxylic acids is 1. The summed E-state index contributed by atoms with van der Waals surface area (Å²) in [5.74, 6) is 4.79. The molecular formula is C31H33ClN4O5. The third kappa shape index (κ3) is 8.46. The van der Waals surface area contributed by atoms with Crippen LogP contribution in [0.2, 0.25) is 5.02 Å². The molecule has 0 saturated carbocycles. The smallest absolute Gasteiger partial charge is 0.339 e. The average Bonchev–Trinajstić information content (AvgIpc) is 2.98. The zero-order valence-electron chi connectivity index (χ0n) is 22.6. The maximum atomic E-state index is 11.8. The zero-order chi connectivity index (χ0) is 29.2. The van der Waals surface area contributed by atoms with E-state index in [2.05, 4.69) is 58.0 Å². The first-order chi connectivity index (χ1) is 19.8. The molecule has 1 atom stereocenters. The Bertz CT molecular complexity index is 1380. The van der Waals surface area contributed by atoms with Gasteiger partial charge in [0.2, 0.25) is 0 Å². The quantitative estimate of drug-likeness (QED) is 0.187. The average molecular weight is 577 g/mol. The van der Waals surface area contributed by atoms with E-state index in [1.165, 1.54) is 17.2 Å². The highest BCUT2D eigenvalue weighted by molar-refractivity contribution is 6.30. The highest BCUT2D eigenvalue weighted by Crippen LogP contribution is 2.30. The van der Waals surface area contributed by atoms with Crippen LogP contribution < -0.4 is 10.5 Å². The number of urea groups is 1. The van der Waals surface area contributed by atoms with Crippen molar-refractivity contribution in [1.82, 2.24) is 14.9 Å². The van der Waals surface area contributed by atoms with Crippen molar-refractivity contribution in [3.8, 4) is 17.6 Å². The Morgan fingerprint density at radius 3 is 2.34 bits per heavy atom. The Morgan fingerprint density at radius 1 is 1.00 bits per heavy atom. The summed E-state index contributed by atoms with van der Waals surface area (Å²) < 4.78 is 5.88. The maximum Gasteiger partial charge on any atom is 0.339 e. The number of amides is 2. The van der Waals surface area contributed by atoms with Crippen LogP contribution >= 0.6 is 11.6 Å². The van der Waals surface area contributed by atoms with Gasteiger partial charge in [-0.1, -0.05) is 65.9 Å². The number of halogens is 1. The number of carbonyl (C=O) groups excluding carboxylic acids is 1. The van der Waals surface area contributed by atoms with Crippen LogP contribution in [-0.2, 0) is 0 Å². The number of hydrogen-bond acceptors (Lipinski definition) is 6. The predicted molar refractivity (Wildman–Crippen MR) is 156 cm³/mol. The number of nitrogens with zero attached hydrogens (tertiary/aromatic N) is 3. The number of carboxylic acid groups (broad SMARTS) is 1. The number of benzene rings is 3. The summed E-state index contributed by atoms with van der Waals surface area (Å²) in [6.07, 6.45) is 0.180. The van der Waals surface area contributed by atoms with E-state index in [0.717, 1.165) is 31.2 Å². The molecule has 0 aliphatic carbocycles. The van der Waals surface area contributed by atoms with E-state index in [9.17, 15) is 19.9 Å². The molecule has 3 aromatic rings. The number of carbonyl (C=O) groups is 2. The Balaban J connectivity index is 1.31. The largest absolute Gasteiger partial charge is 0.491 e. The molecule has 0 bridgehead atoms. The lowest BCUT2D eigenvalue weighted by Gasteiger charge is -2.39. The number of ether oxygens (including phenoxy) is 1. The minimum absolute atomic E-state index is 0.0243. The molecule has 0 radical (unpaired) electrons. The Labute approximate surface area is 244 Å². The van der Waals surface area contributed by atoms with E-state index in [0.29, 0.717) is 23.8 Å². The van der Waals surface area contributed by atoms with Gasteiger partial charge >= 0.3 is 12.0 Å². The fourth-order valence-corrected chi connectivity index (χ4v) is 4.89. The molecule has 2 amide bonds. The topological polar surface area (TPSA) is 120 Å². The molecule has 1 aliphatic heterocycles. The maximum absolute atomic E-state index is 11.8. The number of primary amides is 1. The number of rotatable bonds is 10.